The van der Waals surface area contributed by atoms with Gasteiger partial charge < -0.3 is 5.32 Å². The molecule has 0 amide bonds. The second kappa shape index (κ2) is 5.71. The lowest BCUT2D eigenvalue weighted by atomic mass is 9.72. The molecule has 0 aromatic carbocycles. The first kappa shape index (κ1) is 13.4. The molecule has 0 radical (unpaired) electrons. The molecule has 1 N–H and O–H groups in total. The zero-order valence-corrected chi connectivity index (χ0v) is 12.0. The Hall–Kier alpha value is -0.0800. The van der Waals surface area contributed by atoms with Gasteiger partial charge in [-0.05, 0) is 57.7 Å². The Bertz CT molecular complexity index is 237. The highest BCUT2D eigenvalue weighted by molar-refractivity contribution is 4.90. The number of nitrogens with zero attached hydrogens (tertiary/aromatic N) is 1. The minimum Gasteiger partial charge on any atom is -0.314 e. The Morgan fingerprint density at radius 2 is 1.88 bits per heavy atom. The molecular formula is C15H30N2. The summed E-state index contributed by atoms with van der Waals surface area (Å²) in [7, 11) is 0. The first-order valence-electron chi connectivity index (χ1n) is 7.57. The first-order valence-corrected chi connectivity index (χ1v) is 7.57. The van der Waals surface area contributed by atoms with E-state index in [2.05, 4.69) is 31.0 Å². The molecule has 2 fully saturated rings. The highest BCUT2D eigenvalue weighted by Crippen LogP contribution is 2.38. The fraction of sp³-hybridized carbons (Fsp3) is 1.00. The number of rotatable bonds is 1. The summed E-state index contributed by atoms with van der Waals surface area (Å²) in [6, 6.07) is 1.53. The number of hydrogen-bond donors (Lipinski definition) is 1. The second-order valence-corrected chi connectivity index (χ2v) is 6.78. The van der Waals surface area contributed by atoms with Crippen molar-refractivity contribution in [3.05, 3.63) is 0 Å². The summed E-state index contributed by atoms with van der Waals surface area (Å²) in [6.45, 7) is 11.1. The van der Waals surface area contributed by atoms with Gasteiger partial charge in [0.15, 0.2) is 0 Å². The van der Waals surface area contributed by atoms with Gasteiger partial charge in [-0.2, -0.15) is 0 Å². The number of hydrogen-bond acceptors (Lipinski definition) is 2. The van der Waals surface area contributed by atoms with Gasteiger partial charge in [0.2, 0.25) is 0 Å². The molecule has 100 valence electrons. The first-order chi connectivity index (χ1) is 8.09. The van der Waals surface area contributed by atoms with Crippen LogP contribution in [0.15, 0.2) is 0 Å². The van der Waals surface area contributed by atoms with Crippen LogP contribution in [0.2, 0.25) is 0 Å². The lowest BCUT2D eigenvalue weighted by molar-refractivity contribution is 0.0420. The van der Waals surface area contributed by atoms with E-state index in [9.17, 15) is 0 Å². The van der Waals surface area contributed by atoms with E-state index >= 15 is 0 Å². The van der Waals surface area contributed by atoms with E-state index in [1.165, 1.54) is 58.2 Å². The molecule has 2 heteroatoms. The van der Waals surface area contributed by atoms with Crippen LogP contribution in [0.25, 0.3) is 0 Å². The standard InChI is InChI=1S/C15H30N2/c1-13-8-12-17(11-6-10-16-13)14-7-4-5-9-15(14,2)3/h13-14,16H,4-12H2,1-3H3. The molecule has 1 saturated carbocycles. The molecule has 1 heterocycles. The maximum Gasteiger partial charge on any atom is 0.0146 e. The van der Waals surface area contributed by atoms with Crippen LogP contribution in [0, 0.1) is 5.41 Å². The van der Waals surface area contributed by atoms with E-state index in [4.69, 9.17) is 0 Å². The average molecular weight is 238 g/mol. The van der Waals surface area contributed by atoms with Gasteiger partial charge in [-0.15, -0.1) is 0 Å². The van der Waals surface area contributed by atoms with Gasteiger partial charge in [0.05, 0.1) is 0 Å². The second-order valence-electron chi connectivity index (χ2n) is 6.78. The zero-order chi connectivity index (χ0) is 12.3. The molecule has 2 unspecified atom stereocenters. The third kappa shape index (κ3) is 3.45. The van der Waals surface area contributed by atoms with E-state index in [-0.39, 0.29) is 0 Å². The molecule has 0 aromatic heterocycles. The van der Waals surface area contributed by atoms with Crippen LogP contribution in [-0.4, -0.2) is 36.6 Å². The molecule has 1 aliphatic heterocycles. The minimum atomic E-state index is 0.536. The monoisotopic (exact) mass is 238 g/mol. The summed E-state index contributed by atoms with van der Waals surface area (Å²) < 4.78 is 0. The van der Waals surface area contributed by atoms with Gasteiger partial charge in [-0.25, -0.2) is 0 Å². The fourth-order valence-corrected chi connectivity index (χ4v) is 3.67. The molecule has 2 atom stereocenters. The van der Waals surface area contributed by atoms with Crippen LogP contribution < -0.4 is 5.32 Å². The quantitative estimate of drug-likeness (QED) is 0.755. The summed E-state index contributed by atoms with van der Waals surface area (Å²) in [5, 5.41) is 3.60. The van der Waals surface area contributed by atoms with Crippen LogP contribution in [0.3, 0.4) is 0 Å². The van der Waals surface area contributed by atoms with Crippen molar-refractivity contribution < 1.29 is 0 Å². The predicted molar refractivity (Wildman–Crippen MR) is 74.3 cm³/mol. The third-order valence-electron chi connectivity index (χ3n) is 4.86. The Kier molecular flexibility index (Phi) is 4.48. The largest absolute Gasteiger partial charge is 0.314 e. The Morgan fingerprint density at radius 3 is 2.65 bits per heavy atom. The van der Waals surface area contributed by atoms with E-state index < -0.39 is 0 Å². The van der Waals surface area contributed by atoms with Crippen molar-refractivity contribution in [2.75, 3.05) is 19.6 Å². The van der Waals surface area contributed by atoms with Gasteiger partial charge in [0, 0.05) is 12.1 Å². The summed E-state index contributed by atoms with van der Waals surface area (Å²) in [6.07, 6.45) is 8.36. The van der Waals surface area contributed by atoms with Crippen molar-refractivity contribution in [2.45, 2.75) is 71.4 Å². The van der Waals surface area contributed by atoms with Crippen LogP contribution in [0.1, 0.15) is 59.3 Å². The van der Waals surface area contributed by atoms with Crippen molar-refractivity contribution in [1.82, 2.24) is 10.2 Å². The van der Waals surface area contributed by atoms with Crippen molar-refractivity contribution in [3.8, 4) is 0 Å². The van der Waals surface area contributed by atoms with Crippen molar-refractivity contribution in [3.63, 3.8) is 0 Å². The summed E-state index contributed by atoms with van der Waals surface area (Å²) in [5.74, 6) is 0. The van der Waals surface area contributed by atoms with E-state index in [0.717, 1.165) is 6.04 Å². The fourth-order valence-electron chi connectivity index (χ4n) is 3.67. The highest BCUT2D eigenvalue weighted by Gasteiger charge is 2.36. The Balaban J connectivity index is 1.98. The molecule has 2 aliphatic rings. The van der Waals surface area contributed by atoms with Crippen molar-refractivity contribution in [1.29, 1.82) is 0 Å². The Morgan fingerprint density at radius 1 is 1.06 bits per heavy atom. The number of nitrogens with one attached hydrogen (secondary N) is 1. The molecule has 2 nitrogen and oxygen atoms in total. The van der Waals surface area contributed by atoms with Crippen molar-refractivity contribution >= 4 is 0 Å². The van der Waals surface area contributed by atoms with Crippen LogP contribution in [0.4, 0.5) is 0 Å². The lowest BCUT2D eigenvalue weighted by Crippen LogP contribution is -2.50. The highest BCUT2D eigenvalue weighted by atomic mass is 15.2. The van der Waals surface area contributed by atoms with Gasteiger partial charge >= 0.3 is 0 Å². The maximum atomic E-state index is 3.60. The van der Waals surface area contributed by atoms with E-state index in [1.54, 1.807) is 0 Å². The normalized spacial score (nSPS) is 36.2. The maximum absolute atomic E-state index is 3.60. The van der Waals surface area contributed by atoms with Crippen LogP contribution in [-0.2, 0) is 0 Å². The molecule has 0 bridgehead atoms. The zero-order valence-electron chi connectivity index (χ0n) is 12.0. The van der Waals surface area contributed by atoms with Crippen molar-refractivity contribution in [2.24, 2.45) is 5.41 Å². The summed E-state index contributed by atoms with van der Waals surface area (Å²) in [5.41, 5.74) is 0.536. The minimum absolute atomic E-state index is 0.536. The lowest BCUT2D eigenvalue weighted by Gasteiger charge is -2.46. The molecule has 0 aromatic rings. The molecule has 17 heavy (non-hydrogen) atoms. The molecule has 1 saturated heterocycles. The molecule has 0 spiro atoms. The molecular weight excluding hydrogens is 208 g/mol. The summed E-state index contributed by atoms with van der Waals surface area (Å²) >= 11 is 0. The van der Waals surface area contributed by atoms with Gasteiger partial charge in [-0.3, -0.25) is 4.90 Å². The Labute approximate surface area is 107 Å². The van der Waals surface area contributed by atoms with Crippen LogP contribution in [0.5, 0.6) is 0 Å². The topological polar surface area (TPSA) is 15.3 Å². The van der Waals surface area contributed by atoms with E-state index in [1.807, 2.05) is 0 Å². The van der Waals surface area contributed by atoms with Gasteiger partial charge in [-0.1, -0.05) is 26.7 Å². The predicted octanol–water partition coefficient (Wildman–Crippen LogP) is 3.03. The smallest absolute Gasteiger partial charge is 0.0146 e. The van der Waals surface area contributed by atoms with E-state index in [0.29, 0.717) is 11.5 Å². The van der Waals surface area contributed by atoms with Gasteiger partial charge in [0.1, 0.15) is 0 Å². The van der Waals surface area contributed by atoms with Gasteiger partial charge in [0.25, 0.3) is 0 Å². The SMILES string of the molecule is CC1CCN(C2CCCCC2(C)C)CCCN1. The third-order valence-corrected chi connectivity index (χ3v) is 4.86. The summed E-state index contributed by atoms with van der Waals surface area (Å²) in [4.78, 5) is 2.80. The molecule has 1 aliphatic carbocycles. The molecule has 2 rings (SSSR count). The average Bonchev–Trinajstić information content (AvgIpc) is 2.25. The van der Waals surface area contributed by atoms with Crippen LogP contribution >= 0.6 is 0 Å².